The van der Waals surface area contributed by atoms with E-state index in [-0.39, 0.29) is 41.3 Å². The lowest BCUT2D eigenvalue weighted by atomic mass is 9.96. The summed E-state index contributed by atoms with van der Waals surface area (Å²) in [6.07, 6.45) is 4.50. The molecule has 1 aliphatic heterocycles. The predicted molar refractivity (Wildman–Crippen MR) is 94.3 cm³/mol. The molecule has 2 bridgehead atoms. The van der Waals surface area contributed by atoms with Gasteiger partial charge in [-0.25, -0.2) is 18.0 Å². The summed E-state index contributed by atoms with van der Waals surface area (Å²) in [4.78, 5) is 25.2. The first-order valence-corrected chi connectivity index (χ1v) is 10.4. The fraction of sp³-hybridized carbons (Fsp3) is 0.556. The lowest BCUT2D eigenvalue weighted by Gasteiger charge is -2.23. The largest absolute Gasteiger partial charge is 0.495 e. The molecular formula is C18H22N2O5S. The van der Waals surface area contributed by atoms with Crippen molar-refractivity contribution >= 4 is 27.5 Å². The molecule has 0 aromatic heterocycles. The van der Waals surface area contributed by atoms with Crippen LogP contribution < -0.4 is 14.4 Å². The molecule has 140 valence electrons. The molecule has 0 unspecified atom stereocenters. The standard InChI is InChI=1S/C18H22N2O5S/c1-25-16-5-4-13(10-15(16)20-17(21)6-7-18(20)22)26(23,24)19-14-9-11-2-3-12(14)8-11/h4-5,10-12,14,19H,2-3,6-9H2,1H3/t11-,12-,14+/m0/s1. The molecule has 1 aromatic carbocycles. The van der Waals surface area contributed by atoms with Gasteiger partial charge in [-0.05, 0) is 49.3 Å². The molecule has 3 fully saturated rings. The maximum atomic E-state index is 12.9. The van der Waals surface area contributed by atoms with E-state index in [1.54, 1.807) is 0 Å². The number of rotatable bonds is 5. The summed E-state index contributed by atoms with van der Waals surface area (Å²) >= 11 is 0. The van der Waals surface area contributed by atoms with Crippen molar-refractivity contribution < 1.29 is 22.7 Å². The zero-order valence-electron chi connectivity index (χ0n) is 14.6. The molecule has 4 rings (SSSR count). The average Bonchev–Trinajstić information content (AvgIpc) is 3.30. The monoisotopic (exact) mass is 378 g/mol. The van der Waals surface area contributed by atoms with E-state index in [1.165, 1.54) is 31.7 Å². The Hall–Kier alpha value is -1.93. The van der Waals surface area contributed by atoms with E-state index in [2.05, 4.69) is 4.72 Å². The molecule has 26 heavy (non-hydrogen) atoms. The second kappa shape index (κ2) is 6.35. The van der Waals surface area contributed by atoms with Crippen molar-refractivity contribution in [3.8, 4) is 5.75 Å². The average molecular weight is 378 g/mol. The van der Waals surface area contributed by atoms with Crippen LogP contribution in [0.25, 0.3) is 0 Å². The highest BCUT2D eigenvalue weighted by molar-refractivity contribution is 7.89. The Balaban J connectivity index is 1.65. The first-order chi connectivity index (χ1) is 12.4. The van der Waals surface area contributed by atoms with E-state index in [4.69, 9.17) is 4.74 Å². The van der Waals surface area contributed by atoms with Crippen molar-refractivity contribution in [2.75, 3.05) is 12.0 Å². The van der Waals surface area contributed by atoms with Gasteiger partial charge in [0.15, 0.2) is 0 Å². The molecule has 1 N–H and O–H groups in total. The minimum absolute atomic E-state index is 0.0284. The summed E-state index contributed by atoms with van der Waals surface area (Å²) in [5.74, 6) is 0.647. The Kier molecular flexibility index (Phi) is 4.27. The van der Waals surface area contributed by atoms with Crippen molar-refractivity contribution in [2.45, 2.75) is 49.5 Å². The van der Waals surface area contributed by atoms with Crippen molar-refractivity contribution in [1.82, 2.24) is 4.72 Å². The van der Waals surface area contributed by atoms with Gasteiger partial charge in [-0.3, -0.25) is 9.59 Å². The maximum Gasteiger partial charge on any atom is 0.240 e. The molecule has 1 aromatic rings. The number of sulfonamides is 1. The van der Waals surface area contributed by atoms with Gasteiger partial charge in [-0.2, -0.15) is 0 Å². The van der Waals surface area contributed by atoms with Gasteiger partial charge < -0.3 is 4.74 Å². The number of ether oxygens (including phenoxy) is 1. The van der Waals surface area contributed by atoms with Crippen LogP contribution in [0, 0.1) is 11.8 Å². The number of carbonyl (C=O) groups is 2. The van der Waals surface area contributed by atoms with Gasteiger partial charge in [0.2, 0.25) is 21.8 Å². The first kappa shape index (κ1) is 17.5. The van der Waals surface area contributed by atoms with Gasteiger partial charge in [0, 0.05) is 18.9 Å². The molecule has 1 saturated heterocycles. The highest BCUT2D eigenvalue weighted by Crippen LogP contribution is 2.45. The number of anilines is 1. The third-order valence-electron chi connectivity index (χ3n) is 5.80. The molecule has 0 radical (unpaired) electrons. The molecule has 2 aliphatic carbocycles. The van der Waals surface area contributed by atoms with Crippen molar-refractivity contribution in [2.24, 2.45) is 11.8 Å². The van der Waals surface area contributed by atoms with Crippen molar-refractivity contribution in [3.63, 3.8) is 0 Å². The topological polar surface area (TPSA) is 92.8 Å². The van der Waals surface area contributed by atoms with Crippen LogP contribution in [0.2, 0.25) is 0 Å². The summed E-state index contributed by atoms with van der Waals surface area (Å²) in [6.45, 7) is 0. The SMILES string of the molecule is COc1ccc(S(=O)(=O)N[C@@H]2C[C@H]3CC[C@H]2C3)cc1N1C(=O)CCC1=O. The smallest absolute Gasteiger partial charge is 0.240 e. The van der Waals surface area contributed by atoms with Crippen LogP contribution in [-0.2, 0) is 19.6 Å². The molecule has 2 saturated carbocycles. The summed E-state index contributed by atoms with van der Waals surface area (Å²) in [5.41, 5.74) is 0.191. The number of carbonyl (C=O) groups excluding carboxylic acids is 2. The molecule has 1 heterocycles. The van der Waals surface area contributed by atoms with Gasteiger partial charge in [-0.1, -0.05) is 6.42 Å². The number of methoxy groups -OCH3 is 1. The quantitative estimate of drug-likeness (QED) is 0.789. The van der Waals surface area contributed by atoms with Gasteiger partial charge in [0.25, 0.3) is 0 Å². The van der Waals surface area contributed by atoms with Gasteiger partial charge in [0.1, 0.15) is 5.75 Å². The van der Waals surface area contributed by atoms with E-state index in [0.717, 1.165) is 24.2 Å². The Morgan fingerprint density at radius 3 is 2.42 bits per heavy atom. The fourth-order valence-electron chi connectivity index (χ4n) is 4.51. The minimum atomic E-state index is -3.73. The zero-order chi connectivity index (χ0) is 18.5. The highest BCUT2D eigenvalue weighted by Gasteiger charge is 2.41. The van der Waals surface area contributed by atoms with Crippen LogP contribution in [0.5, 0.6) is 5.75 Å². The van der Waals surface area contributed by atoms with E-state index >= 15 is 0 Å². The number of hydrogen-bond donors (Lipinski definition) is 1. The molecular weight excluding hydrogens is 356 g/mol. The highest BCUT2D eigenvalue weighted by atomic mass is 32.2. The number of nitrogens with zero attached hydrogens (tertiary/aromatic N) is 1. The number of amides is 2. The van der Waals surface area contributed by atoms with E-state index < -0.39 is 10.0 Å². The predicted octanol–water partition coefficient (Wildman–Crippen LogP) is 1.82. The lowest BCUT2D eigenvalue weighted by Crippen LogP contribution is -2.38. The fourth-order valence-corrected chi connectivity index (χ4v) is 5.85. The van der Waals surface area contributed by atoms with Gasteiger partial charge >= 0.3 is 0 Å². The van der Waals surface area contributed by atoms with Crippen LogP contribution in [0.4, 0.5) is 5.69 Å². The molecule has 2 amide bonds. The second-order valence-corrected chi connectivity index (χ2v) is 9.07. The van der Waals surface area contributed by atoms with Crippen LogP contribution in [0.1, 0.15) is 38.5 Å². The third-order valence-corrected chi connectivity index (χ3v) is 7.29. The van der Waals surface area contributed by atoms with Gasteiger partial charge in [-0.15, -0.1) is 0 Å². The summed E-state index contributed by atoms with van der Waals surface area (Å²) in [5, 5.41) is 0. The number of imide groups is 1. The van der Waals surface area contributed by atoms with E-state index in [0.29, 0.717) is 17.6 Å². The Bertz CT molecular complexity index is 850. The minimum Gasteiger partial charge on any atom is -0.495 e. The first-order valence-electron chi connectivity index (χ1n) is 8.95. The van der Waals surface area contributed by atoms with Gasteiger partial charge in [0.05, 0.1) is 17.7 Å². The van der Waals surface area contributed by atoms with Crippen LogP contribution in [0.3, 0.4) is 0 Å². The molecule has 3 atom stereocenters. The molecule has 8 heteroatoms. The normalized spacial score (nSPS) is 28.2. The van der Waals surface area contributed by atoms with Crippen molar-refractivity contribution in [1.29, 1.82) is 0 Å². The Morgan fingerprint density at radius 1 is 1.12 bits per heavy atom. The van der Waals surface area contributed by atoms with Crippen molar-refractivity contribution in [3.05, 3.63) is 18.2 Å². The van der Waals surface area contributed by atoms with E-state index in [1.807, 2.05) is 0 Å². The second-order valence-electron chi connectivity index (χ2n) is 7.36. The summed E-state index contributed by atoms with van der Waals surface area (Å²) in [7, 11) is -2.31. The lowest BCUT2D eigenvalue weighted by molar-refractivity contribution is -0.121. The van der Waals surface area contributed by atoms with E-state index in [9.17, 15) is 18.0 Å². The molecule has 3 aliphatic rings. The maximum absolute atomic E-state index is 12.9. The Morgan fingerprint density at radius 2 is 1.85 bits per heavy atom. The third kappa shape index (κ3) is 2.91. The number of fused-ring (bicyclic) bond motifs is 2. The van der Waals surface area contributed by atoms with Crippen LogP contribution in [0.15, 0.2) is 23.1 Å². The Labute approximate surface area is 152 Å². The zero-order valence-corrected chi connectivity index (χ0v) is 15.4. The summed E-state index contributed by atoms with van der Waals surface area (Å²) < 4.78 is 33.8. The number of hydrogen-bond acceptors (Lipinski definition) is 5. The van der Waals surface area contributed by atoms with Crippen LogP contribution >= 0.6 is 0 Å². The number of benzene rings is 1. The number of nitrogens with one attached hydrogen (secondary N) is 1. The molecule has 7 nitrogen and oxygen atoms in total. The molecule has 0 spiro atoms. The van der Waals surface area contributed by atoms with Crippen LogP contribution in [-0.4, -0.2) is 33.4 Å². The summed E-state index contributed by atoms with van der Waals surface area (Å²) in [6, 6.07) is 4.27.